The molecule has 0 unspecified atom stereocenters. The van der Waals surface area contributed by atoms with E-state index in [-0.39, 0.29) is 67.9 Å². The number of hydrogen-bond donors (Lipinski definition) is 4. The Morgan fingerprint density at radius 2 is 1.57 bits per heavy atom. The zero-order chi connectivity index (χ0) is 39.1. The van der Waals surface area contributed by atoms with Gasteiger partial charge >= 0.3 is 0 Å². The molecule has 292 valence electrons. The highest BCUT2D eigenvalue weighted by Crippen LogP contribution is 2.26. The Morgan fingerprint density at radius 3 is 2.30 bits per heavy atom. The highest BCUT2D eigenvalue weighted by molar-refractivity contribution is 7.09. The van der Waals surface area contributed by atoms with E-state index in [9.17, 15) is 28.8 Å². The van der Waals surface area contributed by atoms with E-state index in [1.807, 2.05) is 45.2 Å². The lowest BCUT2D eigenvalue weighted by Gasteiger charge is -2.33. The van der Waals surface area contributed by atoms with Crippen LogP contribution in [0.15, 0.2) is 35.8 Å². The van der Waals surface area contributed by atoms with Gasteiger partial charge in [0, 0.05) is 62.0 Å². The number of nitrogens with one attached hydrogen (secondary N) is 4. The Kier molecular flexibility index (Phi) is 13.5. The largest absolute Gasteiger partial charge is 0.361 e. The van der Waals surface area contributed by atoms with E-state index in [0.29, 0.717) is 24.3 Å². The zero-order valence-electron chi connectivity index (χ0n) is 32.0. The molecule has 0 saturated carbocycles. The number of carbonyl (C=O) groups is 6. The number of nitrogens with zero attached hydrogens (tertiary/aromatic N) is 5. The number of amides is 6. The van der Waals surface area contributed by atoms with Crippen molar-refractivity contribution in [1.29, 1.82) is 0 Å². The van der Waals surface area contributed by atoms with Gasteiger partial charge in [0.1, 0.15) is 22.8 Å². The minimum absolute atomic E-state index is 0.0930. The van der Waals surface area contributed by atoms with Gasteiger partial charge in [-0.25, -0.2) is 4.98 Å². The summed E-state index contributed by atoms with van der Waals surface area (Å²) in [4.78, 5) is 96.0. The van der Waals surface area contributed by atoms with Crippen molar-refractivity contribution in [2.75, 3.05) is 60.4 Å². The molecule has 3 aromatic rings. The number of thiazole rings is 1. The summed E-state index contributed by atoms with van der Waals surface area (Å²) in [5.74, 6) is -2.62. The summed E-state index contributed by atoms with van der Waals surface area (Å²) in [5, 5.41) is 11.6. The van der Waals surface area contributed by atoms with Crippen LogP contribution in [-0.2, 0) is 30.4 Å². The quantitative estimate of drug-likeness (QED) is 0.304. The number of para-hydroxylation sites is 1. The summed E-state index contributed by atoms with van der Waals surface area (Å²) < 4.78 is 0. The van der Waals surface area contributed by atoms with Crippen LogP contribution in [0.25, 0.3) is 10.9 Å². The third-order valence-electron chi connectivity index (χ3n) is 10.1. The fraction of sp³-hybridized carbons (Fsp3) is 0.553. The average Bonchev–Trinajstić information content (AvgIpc) is 3.79. The molecule has 0 radical (unpaired) electrons. The summed E-state index contributed by atoms with van der Waals surface area (Å²) in [7, 11) is 5.07. The molecule has 2 aliphatic rings. The number of piperidine rings is 1. The number of benzene rings is 1. The van der Waals surface area contributed by atoms with Crippen LogP contribution in [-0.4, -0.2) is 138 Å². The first-order valence-electron chi connectivity index (χ1n) is 18.6. The lowest BCUT2D eigenvalue weighted by atomic mass is 9.95. The van der Waals surface area contributed by atoms with Crippen LogP contribution in [0.1, 0.15) is 67.1 Å². The molecule has 3 atom stereocenters. The van der Waals surface area contributed by atoms with Gasteiger partial charge in [0.25, 0.3) is 5.91 Å². The molecule has 4 N–H and O–H groups in total. The maximum Gasteiger partial charge on any atom is 0.271 e. The van der Waals surface area contributed by atoms with Crippen molar-refractivity contribution in [2.45, 2.75) is 64.6 Å². The lowest BCUT2D eigenvalue weighted by molar-refractivity contribution is -0.142. The maximum atomic E-state index is 13.9. The van der Waals surface area contributed by atoms with Gasteiger partial charge in [-0.15, -0.1) is 11.3 Å². The number of carbonyl (C=O) groups excluding carboxylic acids is 6. The first-order chi connectivity index (χ1) is 25.7. The number of H-pyrrole nitrogens is 1. The van der Waals surface area contributed by atoms with E-state index in [0.717, 1.165) is 29.6 Å². The number of hydrogen-bond acceptors (Lipinski definition) is 9. The van der Waals surface area contributed by atoms with Crippen LogP contribution in [0, 0.1) is 11.8 Å². The van der Waals surface area contributed by atoms with Gasteiger partial charge in [0.2, 0.25) is 29.5 Å². The molecular weight excluding hydrogens is 711 g/mol. The number of likely N-dealkylation sites (tertiary alicyclic amines) is 1. The SMILES string of the molecule is CC(C)C[C@@H]1NC(=O)CN(C(=O)C2CCN(C)CC2)CCN(C)C(=O)[C@H](C)NC(=O)CN(C)C(=O)[C@@H](Cc2c[nH]c3ccccc23)NC(=O)c2csc1n2. The highest BCUT2D eigenvalue weighted by Gasteiger charge is 2.32. The molecule has 2 aromatic heterocycles. The molecule has 2 aliphatic heterocycles. The van der Waals surface area contributed by atoms with Crippen LogP contribution >= 0.6 is 11.3 Å². The highest BCUT2D eigenvalue weighted by atomic mass is 32.1. The second-order valence-corrected chi connectivity index (χ2v) is 15.9. The molecule has 54 heavy (non-hydrogen) atoms. The summed E-state index contributed by atoms with van der Waals surface area (Å²) in [6.07, 6.45) is 3.81. The normalized spacial score (nSPS) is 22.6. The molecule has 0 spiro atoms. The Hall–Kier alpha value is -4.83. The fourth-order valence-electron chi connectivity index (χ4n) is 7.01. The predicted octanol–water partition coefficient (Wildman–Crippen LogP) is 1.77. The van der Waals surface area contributed by atoms with Gasteiger partial charge in [-0.2, -0.15) is 0 Å². The number of aromatic amines is 1. The van der Waals surface area contributed by atoms with E-state index in [1.165, 1.54) is 33.1 Å². The van der Waals surface area contributed by atoms with Crippen LogP contribution in [0.3, 0.4) is 0 Å². The number of rotatable bonds is 5. The Bertz CT molecular complexity index is 1830. The van der Waals surface area contributed by atoms with Crippen molar-refractivity contribution in [3.63, 3.8) is 0 Å². The van der Waals surface area contributed by atoms with Gasteiger partial charge < -0.3 is 40.5 Å². The summed E-state index contributed by atoms with van der Waals surface area (Å²) in [6.45, 7) is 6.83. The fourth-order valence-corrected chi connectivity index (χ4v) is 7.87. The van der Waals surface area contributed by atoms with E-state index >= 15 is 0 Å². The van der Waals surface area contributed by atoms with Gasteiger partial charge in [0.05, 0.1) is 19.1 Å². The van der Waals surface area contributed by atoms with Crippen LogP contribution in [0.2, 0.25) is 0 Å². The summed E-state index contributed by atoms with van der Waals surface area (Å²) in [5.41, 5.74) is 1.77. The molecular formula is C38H53N9O6S. The summed E-state index contributed by atoms with van der Waals surface area (Å²) >= 11 is 1.23. The molecule has 6 amide bonds. The van der Waals surface area contributed by atoms with Crippen molar-refractivity contribution in [1.82, 2.24) is 45.5 Å². The minimum Gasteiger partial charge on any atom is -0.361 e. The molecule has 4 heterocycles. The van der Waals surface area contributed by atoms with Gasteiger partial charge in [-0.1, -0.05) is 32.0 Å². The Morgan fingerprint density at radius 1 is 0.870 bits per heavy atom. The third-order valence-corrected chi connectivity index (χ3v) is 11.1. The molecule has 1 saturated heterocycles. The minimum atomic E-state index is -1.06. The van der Waals surface area contributed by atoms with Crippen molar-refractivity contribution in [2.24, 2.45) is 11.8 Å². The lowest BCUT2D eigenvalue weighted by Crippen LogP contribution is -2.53. The maximum absolute atomic E-state index is 13.9. The number of fused-ring (bicyclic) bond motifs is 3. The number of aromatic nitrogens is 2. The standard InChI is InChI=1S/C38H53N9O6S/c1-23(2)17-29-35-43-31(22-54-35)34(50)42-30(18-26-19-39-28-10-8-7-9-27(26)28)38(53)46(6)20-32(48)40-24(3)36(51)45(5)15-16-47(21-33(49)41-29)37(52)25-11-13-44(4)14-12-25/h7-10,19,22-25,29-30,39H,11-18,20-21H2,1-6H3,(H,40,48)(H,41,49)(H,42,50)/t24-,29-,30+/m0/s1. The molecule has 16 heteroatoms. The molecule has 0 aliphatic carbocycles. The van der Waals surface area contributed by atoms with Gasteiger partial charge in [-0.05, 0) is 63.9 Å². The van der Waals surface area contributed by atoms with Crippen LogP contribution < -0.4 is 16.0 Å². The topological polar surface area (TPSA) is 180 Å². The molecule has 1 aromatic carbocycles. The molecule has 15 nitrogen and oxygen atoms in total. The first-order valence-corrected chi connectivity index (χ1v) is 19.4. The molecule has 2 bridgehead atoms. The predicted molar refractivity (Wildman–Crippen MR) is 205 cm³/mol. The van der Waals surface area contributed by atoms with Crippen molar-refractivity contribution in [3.05, 3.63) is 52.1 Å². The first kappa shape index (κ1) is 40.4. The Balaban J connectivity index is 1.44. The van der Waals surface area contributed by atoms with Gasteiger partial charge in [-0.3, -0.25) is 28.8 Å². The van der Waals surface area contributed by atoms with Gasteiger partial charge in [0.15, 0.2) is 0 Å². The van der Waals surface area contributed by atoms with Crippen molar-refractivity contribution in [3.8, 4) is 0 Å². The van der Waals surface area contributed by atoms with E-state index in [4.69, 9.17) is 0 Å². The van der Waals surface area contributed by atoms with Crippen molar-refractivity contribution < 1.29 is 28.8 Å². The van der Waals surface area contributed by atoms with E-state index < -0.39 is 35.8 Å². The van der Waals surface area contributed by atoms with E-state index in [2.05, 4.69) is 30.8 Å². The molecule has 5 rings (SSSR count). The third kappa shape index (κ3) is 10.2. The van der Waals surface area contributed by atoms with Crippen LogP contribution in [0.4, 0.5) is 0 Å². The second kappa shape index (κ2) is 18.0. The summed E-state index contributed by atoms with van der Waals surface area (Å²) in [6, 6.07) is 5.11. The van der Waals surface area contributed by atoms with E-state index in [1.54, 1.807) is 25.5 Å². The zero-order valence-corrected chi connectivity index (χ0v) is 32.8. The van der Waals surface area contributed by atoms with Crippen LogP contribution in [0.5, 0.6) is 0 Å². The smallest absolute Gasteiger partial charge is 0.271 e. The van der Waals surface area contributed by atoms with Crippen molar-refractivity contribution >= 4 is 57.7 Å². The number of likely N-dealkylation sites (N-methyl/N-ethyl adjacent to an activating group) is 2. The Labute approximate surface area is 320 Å². The second-order valence-electron chi connectivity index (χ2n) is 15.0. The molecule has 1 fully saturated rings. The average molecular weight is 764 g/mol. The monoisotopic (exact) mass is 763 g/mol.